The van der Waals surface area contributed by atoms with Gasteiger partial charge in [-0.3, -0.25) is 0 Å². The zero-order chi connectivity index (χ0) is 9.68. The van der Waals surface area contributed by atoms with Gasteiger partial charge in [-0.05, 0) is 24.6 Å². The second kappa shape index (κ2) is 5.25. The third-order valence-electron chi connectivity index (χ3n) is 2.06. The Labute approximate surface area is 85.1 Å². The molecule has 13 heavy (non-hydrogen) atoms. The summed E-state index contributed by atoms with van der Waals surface area (Å²) >= 11 is 6.01. The molecule has 1 rings (SSSR count). The van der Waals surface area contributed by atoms with E-state index in [9.17, 15) is 0 Å². The van der Waals surface area contributed by atoms with Crippen LogP contribution in [0.2, 0.25) is 0 Å². The molecule has 0 aliphatic heterocycles. The summed E-state index contributed by atoms with van der Waals surface area (Å²) in [5.41, 5.74) is 2.44. The topological polar surface area (TPSA) is 12.0 Å². The number of benzene rings is 1. The maximum absolute atomic E-state index is 6.01. The molecule has 0 amide bonds. The van der Waals surface area contributed by atoms with Crippen LogP contribution in [0.3, 0.4) is 0 Å². The highest BCUT2D eigenvalue weighted by atomic mass is 35.5. The van der Waals surface area contributed by atoms with Gasteiger partial charge in [0.15, 0.2) is 0 Å². The highest BCUT2D eigenvalue weighted by molar-refractivity contribution is 6.20. The van der Waals surface area contributed by atoms with Crippen molar-refractivity contribution in [2.45, 2.75) is 25.3 Å². The Morgan fingerprint density at radius 1 is 1.31 bits per heavy atom. The molecule has 0 bridgehead atoms. The summed E-state index contributed by atoms with van der Waals surface area (Å²) in [6.07, 6.45) is 2.34. The first-order chi connectivity index (χ1) is 6.27. The van der Waals surface area contributed by atoms with E-state index in [2.05, 4.69) is 36.5 Å². The van der Waals surface area contributed by atoms with E-state index in [0.29, 0.717) is 0 Å². The summed E-state index contributed by atoms with van der Waals surface area (Å²) < 4.78 is 0. The molecule has 0 heterocycles. The van der Waals surface area contributed by atoms with Crippen LogP contribution in [0.15, 0.2) is 24.3 Å². The minimum absolute atomic E-state index is 0.0734. The van der Waals surface area contributed by atoms with Gasteiger partial charge in [-0.2, -0.15) is 0 Å². The van der Waals surface area contributed by atoms with Crippen LogP contribution < -0.4 is 5.32 Å². The second-order valence-corrected chi connectivity index (χ2v) is 3.58. The Morgan fingerprint density at radius 3 is 2.38 bits per heavy atom. The van der Waals surface area contributed by atoms with Gasteiger partial charge in [0.2, 0.25) is 0 Å². The molecule has 0 fully saturated rings. The lowest BCUT2D eigenvalue weighted by Gasteiger charge is -2.08. The highest BCUT2D eigenvalue weighted by Gasteiger charge is 2.02. The van der Waals surface area contributed by atoms with Crippen LogP contribution in [-0.4, -0.2) is 7.05 Å². The van der Waals surface area contributed by atoms with E-state index >= 15 is 0 Å². The van der Waals surface area contributed by atoms with Gasteiger partial charge in [-0.1, -0.05) is 37.6 Å². The molecule has 1 unspecified atom stereocenters. The quantitative estimate of drug-likeness (QED) is 0.578. The van der Waals surface area contributed by atoms with Crippen LogP contribution in [0.25, 0.3) is 0 Å². The van der Waals surface area contributed by atoms with E-state index in [4.69, 9.17) is 11.6 Å². The van der Waals surface area contributed by atoms with Gasteiger partial charge < -0.3 is 5.32 Å². The van der Waals surface area contributed by atoms with Gasteiger partial charge in [0.05, 0.1) is 0 Å². The van der Waals surface area contributed by atoms with Crippen molar-refractivity contribution < 1.29 is 0 Å². The Balaban J connectivity index is 2.69. The summed E-state index contributed by atoms with van der Waals surface area (Å²) in [5, 5.41) is 3.00. The number of hydrogen-bond donors (Lipinski definition) is 1. The van der Waals surface area contributed by atoms with Gasteiger partial charge in [-0.15, -0.1) is 11.6 Å². The molecule has 0 aliphatic rings. The van der Waals surface area contributed by atoms with Gasteiger partial charge in [0.25, 0.3) is 0 Å². The number of rotatable bonds is 4. The van der Waals surface area contributed by atoms with Gasteiger partial charge in [0.1, 0.15) is 5.50 Å². The third kappa shape index (κ3) is 3.02. The third-order valence-corrected chi connectivity index (χ3v) is 2.53. The number of nitrogens with one attached hydrogen (secondary N) is 1. The Bertz CT molecular complexity index is 243. The number of alkyl halides is 1. The molecule has 0 aliphatic carbocycles. The zero-order valence-electron chi connectivity index (χ0n) is 8.18. The molecule has 1 aromatic rings. The maximum atomic E-state index is 6.01. The molecule has 0 saturated heterocycles. The molecule has 1 atom stereocenters. The van der Waals surface area contributed by atoms with Crippen LogP contribution in [-0.2, 0) is 6.42 Å². The second-order valence-electron chi connectivity index (χ2n) is 3.14. The first kappa shape index (κ1) is 10.6. The molecular formula is C11H16ClN. The van der Waals surface area contributed by atoms with Crippen molar-refractivity contribution in [3.8, 4) is 0 Å². The lowest BCUT2D eigenvalue weighted by molar-refractivity contribution is 0.782. The maximum Gasteiger partial charge on any atom is 0.108 e. The van der Waals surface area contributed by atoms with Crippen molar-refractivity contribution in [3.63, 3.8) is 0 Å². The average molecular weight is 198 g/mol. The smallest absolute Gasteiger partial charge is 0.108 e. The van der Waals surface area contributed by atoms with Crippen molar-refractivity contribution in [2.24, 2.45) is 0 Å². The van der Waals surface area contributed by atoms with Crippen molar-refractivity contribution >= 4 is 11.6 Å². The number of halogens is 1. The molecule has 0 spiro atoms. The first-order valence-electron chi connectivity index (χ1n) is 4.68. The van der Waals surface area contributed by atoms with Crippen molar-refractivity contribution in [3.05, 3.63) is 35.4 Å². The summed E-state index contributed by atoms with van der Waals surface area (Å²) in [7, 11) is 1.86. The molecule has 0 aromatic heterocycles. The first-order valence-corrected chi connectivity index (χ1v) is 5.11. The summed E-state index contributed by atoms with van der Waals surface area (Å²) in [6, 6.07) is 8.45. The fraction of sp³-hybridized carbons (Fsp3) is 0.455. The van der Waals surface area contributed by atoms with E-state index in [1.165, 1.54) is 12.0 Å². The van der Waals surface area contributed by atoms with E-state index in [1.807, 2.05) is 7.05 Å². The minimum Gasteiger partial charge on any atom is -0.301 e. The highest BCUT2D eigenvalue weighted by Crippen LogP contribution is 2.17. The molecule has 2 heteroatoms. The summed E-state index contributed by atoms with van der Waals surface area (Å²) in [5.74, 6) is 0. The number of hydrogen-bond acceptors (Lipinski definition) is 1. The molecule has 1 N–H and O–H groups in total. The van der Waals surface area contributed by atoms with Crippen molar-refractivity contribution in [1.29, 1.82) is 0 Å². The molecule has 1 aromatic carbocycles. The number of aryl methyl sites for hydroxylation is 1. The normalized spacial score (nSPS) is 12.8. The molecule has 0 saturated carbocycles. The standard InChI is InChI=1S/C11H16ClN/c1-3-4-9-5-7-10(8-6-9)11(12)13-2/h5-8,11,13H,3-4H2,1-2H3. The Kier molecular flexibility index (Phi) is 4.26. The fourth-order valence-electron chi connectivity index (χ4n) is 1.31. The SMILES string of the molecule is CCCc1ccc(C(Cl)NC)cc1. The lowest BCUT2D eigenvalue weighted by Crippen LogP contribution is -2.09. The van der Waals surface area contributed by atoms with Crippen molar-refractivity contribution in [1.82, 2.24) is 5.32 Å². The molecule has 1 nitrogen and oxygen atoms in total. The van der Waals surface area contributed by atoms with Gasteiger partial charge >= 0.3 is 0 Å². The van der Waals surface area contributed by atoms with Crippen LogP contribution in [0.4, 0.5) is 0 Å². The van der Waals surface area contributed by atoms with Crippen molar-refractivity contribution in [2.75, 3.05) is 7.05 Å². The fourth-order valence-corrected chi connectivity index (χ4v) is 1.45. The van der Waals surface area contributed by atoms with Crippen LogP contribution in [0, 0.1) is 0 Å². The average Bonchev–Trinajstić information content (AvgIpc) is 2.18. The van der Waals surface area contributed by atoms with E-state index in [-0.39, 0.29) is 5.50 Å². The van der Waals surface area contributed by atoms with E-state index in [1.54, 1.807) is 0 Å². The monoisotopic (exact) mass is 197 g/mol. The predicted octanol–water partition coefficient (Wildman–Crippen LogP) is 3.10. The minimum atomic E-state index is -0.0734. The zero-order valence-corrected chi connectivity index (χ0v) is 8.93. The Morgan fingerprint density at radius 2 is 1.92 bits per heavy atom. The van der Waals surface area contributed by atoms with Gasteiger partial charge in [0, 0.05) is 0 Å². The van der Waals surface area contributed by atoms with E-state index in [0.717, 1.165) is 12.0 Å². The molecular weight excluding hydrogens is 182 g/mol. The van der Waals surface area contributed by atoms with Crippen LogP contribution in [0.1, 0.15) is 30.0 Å². The van der Waals surface area contributed by atoms with Crippen LogP contribution in [0.5, 0.6) is 0 Å². The summed E-state index contributed by atoms with van der Waals surface area (Å²) in [6.45, 7) is 2.19. The molecule has 72 valence electrons. The largest absolute Gasteiger partial charge is 0.301 e. The van der Waals surface area contributed by atoms with Gasteiger partial charge in [-0.25, -0.2) is 0 Å². The predicted molar refractivity (Wildman–Crippen MR) is 58.1 cm³/mol. The summed E-state index contributed by atoms with van der Waals surface area (Å²) in [4.78, 5) is 0. The van der Waals surface area contributed by atoms with Crippen LogP contribution >= 0.6 is 11.6 Å². The molecule has 0 radical (unpaired) electrons. The Hall–Kier alpha value is -0.530. The van der Waals surface area contributed by atoms with E-state index < -0.39 is 0 Å². The lowest BCUT2D eigenvalue weighted by atomic mass is 10.1.